The second-order valence-electron chi connectivity index (χ2n) is 8.34. The molecule has 0 aliphatic rings. The number of halogens is 1. The van der Waals surface area contributed by atoms with Crippen LogP contribution in [0.2, 0.25) is 0 Å². The summed E-state index contributed by atoms with van der Waals surface area (Å²) in [5, 5.41) is 16.9. The molecule has 178 valence electrons. The first-order chi connectivity index (χ1) is 17.0. The first-order valence-corrected chi connectivity index (χ1v) is 11.3. The first-order valence-electron chi connectivity index (χ1n) is 11.3. The summed E-state index contributed by atoms with van der Waals surface area (Å²) in [6.07, 6.45) is 1.86. The van der Waals surface area contributed by atoms with E-state index < -0.39 is 0 Å². The molecule has 4 aromatic rings. The second-order valence-corrected chi connectivity index (χ2v) is 8.34. The number of nitrogen functional groups attached to an aromatic ring is 1. The number of nitriles is 1. The molecule has 2 aromatic heterocycles. The normalized spacial score (nSPS) is 10.9. The van der Waals surface area contributed by atoms with Crippen LogP contribution in [-0.4, -0.2) is 53.6 Å². The minimum atomic E-state index is -0.311. The Kier molecular flexibility index (Phi) is 7.33. The molecule has 2 aromatic carbocycles. The van der Waals surface area contributed by atoms with Gasteiger partial charge in [-0.15, -0.1) is 0 Å². The molecule has 0 aliphatic carbocycles. The van der Waals surface area contributed by atoms with E-state index in [4.69, 9.17) is 10.7 Å². The highest BCUT2D eigenvalue weighted by Gasteiger charge is 2.18. The number of fused-ring (bicyclic) bond motifs is 1. The lowest BCUT2D eigenvalue weighted by Gasteiger charge is -2.20. The Morgan fingerprint density at radius 3 is 2.60 bits per heavy atom. The first kappa shape index (κ1) is 23.9. The van der Waals surface area contributed by atoms with E-state index >= 15 is 0 Å². The van der Waals surface area contributed by atoms with Crippen LogP contribution in [0.1, 0.15) is 11.3 Å². The number of hydrogen-bond donors (Lipinski definition) is 3. The minimum absolute atomic E-state index is 0.133. The summed E-state index contributed by atoms with van der Waals surface area (Å²) in [5.41, 5.74) is 10.3. The molecular formula is C26H27FN8. The van der Waals surface area contributed by atoms with Crippen LogP contribution >= 0.6 is 0 Å². The second kappa shape index (κ2) is 10.8. The predicted octanol–water partition coefficient (Wildman–Crippen LogP) is 3.91. The molecule has 0 aliphatic heterocycles. The van der Waals surface area contributed by atoms with Crippen LogP contribution in [0, 0.1) is 17.1 Å². The average Bonchev–Trinajstić information content (AvgIpc) is 2.84. The van der Waals surface area contributed by atoms with E-state index in [-0.39, 0.29) is 17.2 Å². The van der Waals surface area contributed by atoms with Gasteiger partial charge in [0.15, 0.2) is 0 Å². The summed E-state index contributed by atoms with van der Waals surface area (Å²) in [4.78, 5) is 15.0. The molecule has 4 rings (SSSR count). The third-order valence-electron chi connectivity index (χ3n) is 5.59. The van der Waals surface area contributed by atoms with Crippen LogP contribution < -0.4 is 16.4 Å². The maximum Gasteiger partial charge on any atom is 0.149 e. The molecule has 0 amide bonds. The molecule has 4 N–H and O–H groups in total. The van der Waals surface area contributed by atoms with Crippen molar-refractivity contribution in [1.82, 2.24) is 19.9 Å². The number of rotatable bonds is 9. The molecule has 0 atom stereocenters. The Morgan fingerprint density at radius 2 is 1.86 bits per heavy atom. The van der Waals surface area contributed by atoms with Gasteiger partial charge in [0.1, 0.15) is 35.4 Å². The highest BCUT2D eigenvalue weighted by molar-refractivity contribution is 6.00. The van der Waals surface area contributed by atoms with Crippen molar-refractivity contribution in [2.24, 2.45) is 0 Å². The Morgan fingerprint density at radius 1 is 1.06 bits per heavy atom. The fourth-order valence-electron chi connectivity index (χ4n) is 3.91. The van der Waals surface area contributed by atoms with Crippen molar-refractivity contribution in [1.29, 1.82) is 5.26 Å². The van der Waals surface area contributed by atoms with Crippen molar-refractivity contribution in [3.8, 4) is 17.2 Å². The Labute approximate surface area is 203 Å². The quantitative estimate of drug-likeness (QED) is 0.337. The summed E-state index contributed by atoms with van der Waals surface area (Å²) in [5.74, 6) is 0.204. The van der Waals surface area contributed by atoms with Gasteiger partial charge in [-0.1, -0.05) is 30.3 Å². The average molecular weight is 471 g/mol. The van der Waals surface area contributed by atoms with Crippen LogP contribution in [0.4, 0.5) is 21.7 Å². The van der Waals surface area contributed by atoms with Crippen molar-refractivity contribution in [2.75, 3.05) is 50.1 Å². The monoisotopic (exact) mass is 470 g/mol. The SMILES string of the molecule is CN(C)CCNc1c(-c2ccccc2)c(CCNc2ncnc(N)c2C#N)nc2ccc(F)cc12. The summed E-state index contributed by atoms with van der Waals surface area (Å²) in [6, 6.07) is 16.6. The standard InChI is InChI=1S/C26H27FN8/c1-35(2)13-12-30-24-19-14-18(27)8-9-21(19)34-22(23(24)17-6-4-3-5-7-17)10-11-31-26-20(15-28)25(29)32-16-33-26/h3-9,14,16H,10-13H2,1-2H3,(H,30,34)(H3,29,31,32,33). The zero-order valence-electron chi connectivity index (χ0n) is 19.7. The van der Waals surface area contributed by atoms with Crippen LogP contribution in [0.15, 0.2) is 54.9 Å². The minimum Gasteiger partial charge on any atom is -0.383 e. The molecule has 0 radical (unpaired) electrons. The van der Waals surface area contributed by atoms with E-state index in [1.54, 1.807) is 6.07 Å². The molecule has 0 saturated carbocycles. The maximum absolute atomic E-state index is 14.3. The Balaban J connectivity index is 1.76. The fourth-order valence-corrected chi connectivity index (χ4v) is 3.91. The van der Waals surface area contributed by atoms with Crippen molar-refractivity contribution in [3.05, 3.63) is 71.9 Å². The van der Waals surface area contributed by atoms with E-state index in [1.807, 2.05) is 50.5 Å². The smallest absolute Gasteiger partial charge is 0.149 e. The molecule has 0 fully saturated rings. The maximum atomic E-state index is 14.3. The highest BCUT2D eigenvalue weighted by atomic mass is 19.1. The highest BCUT2D eigenvalue weighted by Crippen LogP contribution is 2.37. The summed E-state index contributed by atoms with van der Waals surface area (Å²) >= 11 is 0. The number of benzene rings is 2. The number of nitrogens with one attached hydrogen (secondary N) is 2. The van der Waals surface area contributed by atoms with Gasteiger partial charge in [0.2, 0.25) is 0 Å². The largest absolute Gasteiger partial charge is 0.383 e. The molecule has 35 heavy (non-hydrogen) atoms. The van der Waals surface area contributed by atoms with Gasteiger partial charge >= 0.3 is 0 Å². The molecular weight excluding hydrogens is 443 g/mol. The van der Waals surface area contributed by atoms with Gasteiger partial charge in [-0.3, -0.25) is 4.98 Å². The molecule has 0 spiro atoms. The van der Waals surface area contributed by atoms with Gasteiger partial charge in [0.05, 0.1) is 16.9 Å². The van der Waals surface area contributed by atoms with E-state index in [9.17, 15) is 9.65 Å². The van der Waals surface area contributed by atoms with Crippen molar-refractivity contribution >= 4 is 28.2 Å². The molecule has 0 unspecified atom stereocenters. The number of nitrogens with two attached hydrogens (primary N) is 1. The number of nitrogens with zero attached hydrogens (tertiary/aromatic N) is 5. The number of anilines is 3. The van der Waals surface area contributed by atoms with Gasteiger partial charge < -0.3 is 21.3 Å². The van der Waals surface area contributed by atoms with Crippen LogP contribution in [0.25, 0.3) is 22.0 Å². The fraction of sp³-hybridized carbons (Fsp3) is 0.231. The number of likely N-dealkylation sites (N-methyl/N-ethyl adjacent to an activating group) is 1. The van der Waals surface area contributed by atoms with Crippen molar-refractivity contribution < 1.29 is 4.39 Å². The van der Waals surface area contributed by atoms with Crippen LogP contribution in [0.5, 0.6) is 0 Å². The van der Waals surface area contributed by atoms with Gasteiger partial charge in [-0.05, 0) is 37.9 Å². The lowest BCUT2D eigenvalue weighted by atomic mass is 9.97. The zero-order valence-corrected chi connectivity index (χ0v) is 19.7. The predicted molar refractivity (Wildman–Crippen MR) is 138 cm³/mol. The molecule has 0 saturated heterocycles. The van der Waals surface area contributed by atoms with Gasteiger partial charge in [-0.25, -0.2) is 14.4 Å². The van der Waals surface area contributed by atoms with E-state index in [2.05, 4.69) is 25.5 Å². The number of hydrogen-bond acceptors (Lipinski definition) is 8. The lowest BCUT2D eigenvalue weighted by molar-refractivity contribution is 0.425. The lowest BCUT2D eigenvalue weighted by Crippen LogP contribution is -2.21. The van der Waals surface area contributed by atoms with Crippen molar-refractivity contribution in [3.63, 3.8) is 0 Å². The molecule has 8 nitrogen and oxygen atoms in total. The number of aromatic nitrogens is 3. The van der Waals surface area contributed by atoms with Crippen molar-refractivity contribution in [2.45, 2.75) is 6.42 Å². The zero-order chi connectivity index (χ0) is 24.8. The van der Waals surface area contributed by atoms with E-state index in [0.717, 1.165) is 34.4 Å². The summed E-state index contributed by atoms with van der Waals surface area (Å²) in [6.45, 7) is 1.96. The molecule has 9 heteroatoms. The van der Waals surface area contributed by atoms with Gasteiger partial charge in [0, 0.05) is 37.0 Å². The van der Waals surface area contributed by atoms with Crippen LogP contribution in [-0.2, 0) is 6.42 Å². The van der Waals surface area contributed by atoms with Gasteiger partial charge in [-0.2, -0.15) is 5.26 Å². The van der Waals surface area contributed by atoms with Gasteiger partial charge in [0.25, 0.3) is 0 Å². The molecule has 2 heterocycles. The summed E-state index contributed by atoms with van der Waals surface area (Å²) < 4.78 is 14.3. The number of pyridine rings is 1. The Hall–Kier alpha value is -4.29. The van der Waals surface area contributed by atoms with E-state index in [1.165, 1.54) is 18.5 Å². The third kappa shape index (κ3) is 5.45. The third-order valence-corrected chi connectivity index (χ3v) is 5.59. The topological polar surface area (TPSA) is 116 Å². The summed E-state index contributed by atoms with van der Waals surface area (Å²) in [7, 11) is 4.02. The Bertz CT molecular complexity index is 1370. The van der Waals surface area contributed by atoms with Crippen LogP contribution in [0.3, 0.4) is 0 Å². The molecule has 0 bridgehead atoms. The van der Waals surface area contributed by atoms with E-state index in [0.29, 0.717) is 30.8 Å².